The number of amides is 1. The van der Waals surface area contributed by atoms with Crippen LogP contribution in [0.2, 0.25) is 0 Å². The van der Waals surface area contributed by atoms with E-state index in [1.54, 1.807) is 16.9 Å². The van der Waals surface area contributed by atoms with Crippen LogP contribution >= 0.6 is 0 Å². The van der Waals surface area contributed by atoms with Gasteiger partial charge >= 0.3 is 0 Å². The third kappa shape index (κ3) is 3.57. The van der Waals surface area contributed by atoms with Crippen molar-refractivity contribution < 1.29 is 4.79 Å². The van der Waals surface area contributed by atoms with Gasteiger partial charge in [0.05, 0.1) is 0 Å². The van der Waals surface area contributed by atoms with Crippen molar-refractivity contribution in [3.8, 4) is 0 Å². The SMILES string of the molecule is CNCCCC(=O)Nc1ccn(C)n1. The van der Waals surface area contributed by atoms with Gasteiger partial charge in [-0.15, -0.1) is 0 Å². The molecule has 1 rings (SSSR count). The Labute approximate surface area is 83.5 Å². The molecule has 14 heavy (non-hydrogen) atoms. The first kappa shape index (κ1) is 10.7. The number of aromatic nitrogens is 2. The highest BCUT2D eigenvalue weighted by molar-refractivity contribution is 5.89. The average Bonchev–Trinajstić information content (AvgIpc) is 2.52. The zero-order valence-electron chi connectivity index (χ0n) is 8.58. The van der Waals surface area contributed by atoms with Crippen LogP contribution in [0.5, 0.6) is 0 Å². The molecule has 0 radical (unpaired) electrons. The Kier molecular flexibility index (Phi) is 4.12. The molecule has 0 aliphatic heterocycles. The van der Waals surface area contributed by atoms with Crippen LogP contribution in [0.1, 0.15) is 12.8 Å². The van der Waals surface area contributed by atoms with E-state index in [2.05, 4.69) is 15.7 Å². The van der Waals surface area contributed by atoms with Crippen molar-refractivity contribution >= 4 is 11.7 Å². The number of carbonyl (C=O) groups excluding carboxylic acids is 1. The zero-order chi connectivity index (χ0) is 10.4. The molecule has 0 spiro atoms. The normalized spacial score (nSPS) is 10.1. The number of aryl methyl sites for hydroxylation is 1. The van der Waals surface area contributed by atoms with Crippen molar-refractivity contribution in [3.63, 3.8) is 0 Å². The molecule has 0 aliphatic rings. The van der Waals surface area contributed by atoms with E-state index in [-0.39, 0.29) is 5.91 Å². The van der Waals surface area contributed by atoms with E-state index >= 15 is 0 Å². The van der Waals surface area contributed by atoms with Crippen LogP contribution in [-0.4, -0.2) is 29.3 Å². The summed E-state index contributed by atoms with van der Waals surface area (Å²) in [5.74, 6) is 0.626. The van der Waals surface area contributed by atoms with Gasteiger partial charge in [0.2, 0.25) is 5.91 Å². The maximum Gasteiger partial charge on any atom is 0.225 e. The van der Waals surface area contributed by atoms with E-state index in [4.69, 9.17) is 0 Å². The predicted octanol–water partition coefficient (Wildman–Crippen LogP) is 0.358. The van der Waals surface area contributed by atoms with Crippen molar-refractivity contribution in [2.75, 3.05) is 18.9 Å². The lowest BCUT2D eigenvalue weighted by Gasteiger charge is -2.01. The second kappa shape index (κ2) is 5.39. The van der Waals surface area contributed by atoms with Crippen LogP contribution < -0.4 is 10.6 Å². The standard InChI is InChI=1S/C9H16N4O/c1-10-6-3-4-9(14)11-8-5-7-13(2)12-8/h5,7,10H,3-4,6H2,1-2H3,(H,11,12,14). The van der Waals surface area contributed by atoms with E-state index in [9.17, 15) is 4.79 Å². The molecule has 0 aromatic carbocycles. The van der Waals surface area contributed by atoms with E-state index in [1.165, 1.54) is 0 Å². The molecular formula is C9H16N4O. The fraction of sp³-hybridized carbons (Fsp3) is 0.556. The van der Waals surface area contributed by atoms with E-state index in [0.29, 0.717) is 12.2 Å². The number of hydrogen-bond acceptors (Lipinski definition) is 3. The summed E-state index contributed by atoms with van der Waals surface area (Å²) in [6.45, 7) is 0.857. The summed E-state index contributed by atoms with van der Waals surface area (Å²) in [4.78, 5) is 11.3. The molecule has 2 N–H and O–H groups in total. The largest absolute Gasteiger partial charge is 0.320 e. The number of anilines is 1. The smallest absolute Gasteiger partial charge is 0.225 e. The van der Waals surface area contributed by atoms with Gasteiger partial charge in [-0.1, -0.05) is 0 Å². The number of nitrogens with zero attached hydrogens (tertiary/aromatic N) is 2. The van der Waals surface area contributed by atoms with E-state index in [0.717, 1.165) is 13.0 Å². The molecule has 1 aromatic rings. The Balaban J connectivity index is 2.27. The molecule has 5 nitrogen and oxygen atoms in total. The second-order valence-electron chi connectivity index (χ2n) is 3.13. The van der Waals surface area contributed by atoms with Gasteiger partial charge in [0.15, 0.2) is 5.82 Å². The molecule has 1 aromatic heterocycles. The molecule has 0 fully saturated rings. The Morgan fingerprint density at radius 3 is 3.00 bits per heavy atom. The lowest BCUT2D eigenvalue weighted by Crippen LogP contribution is -2.15. The van der Waals surface area contributed by atoms with Crippen LogP contribution in [0.25, 0.3) is 0 Å². The van der Waals surface area contributed by atoms with Crippen LogP contribution in [0.4, 0.5) is 5.82 Å². The maximum atomic E-state index is 11.3. The molecule has 1 heterocycles. The quantitative estimate of drug-likeness (QED) is 0.668. The summed E-state index contributed by atoms with van der Waals surface area (Å²) in [5, 5.41) is 9.76. The fourth-order valence-electron chi connectivity index (χ4n) is 1.11. The summed E-state index contributed by atoms with van der Waals surface area (Å²) in [6, 6.07) is 1.77. The topological polar surface area (TPSA) is 59.0 Å². The molecule has 0 atom stereocenters. The molecule has 78 valence electrons. The van der Waals surface area contributed by atoms with Gasteiger partial charge in [0.1, 0.15) is 0 Å². The monoisotopic (exact) mass is 196 g/mol. The highest BCUT2D eigenvalue weighted by atomic mass is 16.1. The van der Waals surface area contributed by atoms with Crippen LogP contribution in [0.3, 0.4) is 0 Å². The number of hydrogen-bond donors (Lipinski definition) is 2. The molecule has 1 amide bonds. The third-order valence-electron chi connectivity index (χ3n) is 1.81. The Bertz CT molecular complexity index is 295. The maximum absolute atomic E-state index is 11.3. The van der Waals surface area contributed by atoms with Gasteiger partial charge in [0.25, 0.3) is 0 Å². The molecular weight excluding hydrogens is 180 g/mol. The molecule has 0 saturated heterocycles. The van der Waals surface area contributed by atoms with Crippen LogP contribution in [-0.2, 0) is 11.8 Å². The summed E-state index contributed by atoms with van der Waals surface area (Å²) in [5.41, 5.74) is 0. The predicted molar refractivity (Wildman–Crippen MR) is 55.0 cm³/mol. The lowest BCUT2D eigenvalue weighted by atomic mass is 10.3. The van der Waals surface area contributed by atoms with Gasteiger partial charge in [-0.3, -0.25) is 9.48 Å². The average molecular weight is 196 g/mol. The van der Waals surface area contributed by atoms with E-state index in [1.807, 2.05) is 14.1 Å². The summed E-state index contributed by atoms with van der Waals surface area (Å²) in [7, 11) is 3.69. The number of carbonyl (C=O) groups is 1. The molecule has 0 aliphatic carbocycles. The van der Waals surface area contributed by atoms with Crippen LogP contribution in [0.15, 0.2) is 12.3 Å². The van der Waals surface area contributed by atoms with Gasteiger partial charge < -0.3 is 10.6 Å². The highest BCUT2D eigenvalue weighted by Gasteiger charge is 2.02. The van der Waals surface area contributed by atoms with Gasteiger partial charge in [-0.25, -0.2) is 0 Å². The minimum atomic E-state index is 0.0129. The number of rotatable bonds is 5. The molecule has 0 saturated carbocycles. The fourth-order valence-corrected chi connectivity index (χ4v) is 1.11. The lowest BCUT2D eigenvalue weighted by molar-refractivity contribution is -0.116. The van der Waals surface area contributed by atoms with Crippen molar-refractivity contribution in [2.45, 2.75) is 12.8 Å². The Morgan fingerprint density at radius 2 is 2.43 bits per heavy atom. The first-order valence-corrected chi connectivity index (χ1v) is 4.66. The van der Waals surface area contributed by atoms with Crippen molar-refractivity contribution in [2.24, 2.45) is 7.05 Å². The first-order chi connectivity index (χ1) is 6.72. The minimum absolute atomic E-state index is 0.0129. The van der Waals surface area contributed by atoms with Crippen LogP contribution in [0, 0.1) is 0 Å². The second-order valence-corrected chi connectivity index (χ2v) is 3.13. The van der Waals surface area contributed by atoms with Gasteiger partial charge in [-0.05, 0) is 20.0 Å². The Hall–Kier alpha value is -1.36. The zero-order valence-corrected chi connectivity index (χ0v) is 8.58. The molecule has 5 heteroatoms. The van der Waals surface area contributed by atoms with Gasteiger partial charge in [-0.2, -0.15) is 5.10 Å². The first-order valence-electron chi connectivity index (χ1n) is 4.66. The summed E-state index contributed by atoms with van der Waals surface area (Å²) < 4.78 is 1.66. The van der Waals surface area contributed by atoms with Crippen molar-refractivity contribution in [1.29, 1.82) is 0 Å². The summed E-state index contributed by atoms with van der Waals surface area (Å²) in [6.07, 6.45) is 3.16. The molecule has 0 unspecified atom stereocenters. The highest BCUT2D eigenvalue weighted by Crippen LogP contribution is 2.02. The van der Waals surface area contributed by atoms with Crippen molar-refractivity contribution in [3.05, 3.63) is 12.3 Å². The number of nitrogens with one attached hydrogen (secondary N) is 2. The third-order valence-corrected chi connectivity index (χ3v) is 1.81. The van der Waals surface area contributed by atoms with Gasteiger partial charge in [0, 0.05) is 25.7 Å². The van der Waals surface area contributed by atoms with Crippen molar-refractivity contribution in [1.82, 2.24) is 15.1 Å². The summed E-state index contributed by atoms with van der Waals surface area (Å²) >= 11 is 0. The molecule has 0 bridgehead atoms. The minimum Gasteiger partial charge on any atom is -0.320 e. The Morgan fingerprint density at radius 1 is 1.64 bits per heavy atom. The van der Waals surface area contributed by atoms with E-state index < -0.39 is 0 Å².